The molecular formula is C20H20ClN3O2S. The number of carbonyl (C=O) groups excluding carboxylic acids is 1. The Bertz CT molecular complexity index is 899. The van der Waals surface area contributed by atoms with Gasteiger partial charge >= 0.3 is 0 Å². The largest absolute Gasteiger partial charge is 0.390 e. The van der Waals surface area contributed by atoms with E-state index in [0.29, 0.717) is 29.0 Å². The molecule has 1 heterocycles. The molecule has 2 N–H and O–H groups in total. The maximum Gasteiger partial charge on any atom is 0.230 e. The van der Waals surface area contributed by atoms with E-state index in [9.17, 15) is 9.90 Å². The first-order valence-corrected chi connectivity index (χ1v) is 9.86. The van der Waals surface area contributed by atoms with Crippen molar-refractivity contribution in [3.8, 4) is 0 Å². The summed E-state index contributed by atoms with van der Waals surface area (Å²) in [6.45, 7) is 0.894. The number of rotatable bonds is 8. The predicted octanol–water partition coefficient (Wildman–Crippen LogP) is 3.49. The molecule has 2 aromatic carbocycles. The number of aliphatic hydroxyl groups is 1. The number of aromatic nitrogens is 2. The fourth-order valence-corrected chi connectivity index (χ4v) is 3.58. The fraction of sp³-hybridized carbons (Fsp3) is 0.200. The fourth-order valence-electron chi connectivity index (χ4n) is 2.55. The molecule has 0 bridgehead atoms. The second kappa shape index (κ2) is 9.60. The lowest BCUT2D eigenvalue weighted by Crippen LogP contribution is -2.24. The first kappa shape index (κ1) is 19.5. The molecule has 0 saturated heterocycles. The predicted molar refractivity (Wildman–Crippen MR) is 108 cm³/mol. The van der Waals surface area contributed by atoms with E-state index in [-0.39, 0.29) is 18.3 Å². The van der Waals surface area contributed by atoms with Crippen LogP contribution in [0.1, 0.15) is 16.8 Å². The van der Waals surface area contributed by atoms with Crippen molar-refractivity contribution >= 4 is 29.3 Å². The molecule has 0 radical (unpaired) electrons. The summed E-state index contributed by atoms with van der Waals surface area (Å²) in [5, 5.41) is 13.6. The summed E-state index contributed by atoms with van der Waals surface area (Å²) in [6, 6.07) is 17.4. The Labute approximate surface area is 167 Å². The summed E-state index contributed by atoms with van der Waals surface area (Å²) in [6.07, 6.45) is 1.82. The van der Waals surface area contributed by atoms with Crippen molar-refractivity contribution in [1.29, 1.82) is 0 Å². The molecule has 1 aromatic heterocycles. The number of carbonyl (C=O) groups is 1. The number of aliphatic hydroxyl groups excluding tert-OH is 1. The third kappa shape index (κ3) is 5.60. The van der Waals surface area contributed by atoms with Crippen LogP contribution in [0.15, 0.2) is 66.0 Å². The van der Waals surface area contributed by atoms with Crippen LogP contribution in [-0.2, 0) is 24.5 Å². The zero-order valence-corrected chi connectivity index (χ0v) is 16.2. The third-order valence-corrected chi connectivity index (χ3v) is 5.27. The Hall–Kier alpha value is -2.28. The van der Waals surface area contributed by atoms with Gasteiger partial charge in [-0.2, -0.15) is 0 Å². The van der Waals surface area contributed by atoms with Crippen LogP contribution in [0.25, 0.3) is 0 Å². The third-order valence-electron chi connectivity index (χ3n) is 3.91. The average Bonchev–Trinajstić information content (AvgIpc) is 3.08. The lowest BCUT2D eigenvalue weighted by molar-refractivity contribution is -0.118. The van der Waals surface area contributed by atoms with E-state index in [2.05, 4.69) is 10.3 Å². The molecule has 0 spiro atoms. The molecule has 7 heteroatoms. The Morgan fingerprint density at radius 3 is 2.63 bits per heavy atom. The van der Waals surface area contributed by atoms with Gasteiger partial charge in [-0.25, -0.2) is 4.98 Å². The molecule has 0 aliphatic heterocycles. The summed E-state index contributed by atoms with van der Waals surface area (Å²) >= 11 is 7.45. The van der Waals surface area contributed by atoms with Crippen molar-refractivity contribution in [3.05, 3.63) is 82.6 Å². The number of hydrogen-bond donors (Lipinski definition) is 2. The van der Waals surface area contributed by atoms with Gasteiger partial charge in [-0.05, 0) is 17.2 Å². The number of benzene rings is 2. The van der Waals surface area contributed by atoms with E-state index in [1.54, 1.807) is 6.07 Å². The van der Waals surface area contributed by atoms with Crippen LogP contribution >= 0.6 is 23.4 Å². The average molecular weight is 402 g/mol. The highest BCUT2D eigenvalue weighted by Gasteiger charge is 2.11. The number of nitrogens with zero attached hydrogens (tertiary/aromatic N) is 2. The molecule has 0 aliphatic rings. The summed E-state index contributed by atoms with van der Waals surface area (Å²) in [7, 11) is 0. The van der Waals surface area contributed by atoms with Crippen molar-refractivity contribution in [2.75, 3.05) is 5.75 Å². The van der Waals surface area contributed by atoms with Crippen LogP contribution in [0.3, 0.4) is 0 Å². The number of thioether (sulfide) groups is 1. The van der Waals surface area contributed by atoms with Crippen LogP contribution in [0.4, 0.5) is 0 Å². The molecular weight excluding hydrogens is 382 g/mol. The molecule has 3 aromatic rings. The minimum absolute atomic E-state index is 0.0975. The quantitative estimate of drug-likeness (QED) is 0.567. The van der Waals surface area contributed by atoms with E-state index < -0.39 is 0 Å². The minimum atomic E-state index is -0.131. The molecule has 0 fully saturated rings. The second-order valence-corrected chi connectivity index (χ2v) is 7.29. The van der Waals surface area contributed by atoms with Crippen LogP contribution < -0.4 is 5.32 Å². The monoisotopic (exact) mass is 401 g/mol. The van der Waals surface area contributed by atoms with Gasteiger partial charge in [0.25, 0.3) is 0 Å². The van der Waals surface area contributed by atoms with E-state index in [0.717, 1.165) is 11.1 Å². The SMILES string of the molecule is O=C(CSc1nc(CO)cn1Cc1ccccc1)NCc1ccccc1Cl. The molecule has 140 valence electrons. The zero-order valence-electron chi connectivity index (χ0n) is 14.6. The lowest BCUT2D eigenvalue weighted by atomic mass is 10.2. The molecule has 3 rings (SSSR count). The van der Waals surface area contributed by atoms with Crippen molar-refractivity contribution in [2.24, 2.45) is 0 Å². The molecule has 27 heavy (non-hydrogen) atoms. The smallest absolute Gasteiger partial charge is 0.230 e. The van der Waals surface area contributed by atoms with E-state index in [1.165, 1.54) is 11.8 Å². The van der Waals surface area contributed by atoms with Crippen LogP contribution in [0.2, 0.25) is 5.02 Å². The standard InChI is InChI=1S/C20H20ClN3O2S/c21-18-9-5-4-8-16(18)10-22-19(26)14-27-20-23-17(13-25)12-24(20)11-15-6-2-1-3-7-15/h1-9,12,25H,10-11,13-14H2,(H,22,26). The number of hydrogen-bond acceptors (Lipinski definition) is 4. The number of halogens is 1. The van der Waals surface area contributed by atoms with Crippen molar-refractivity contribution in [3.63, 3.8) is 0 Å². The topological polar surface area (TPSA) is 67.1 Å². The maximum atomic E-state index is 12.2. The molecule has 0 unspecified atom stereocenters. The van der Waals surface area contributed by atoms with Gasteiger partial charge in [0.2, 0.25) is 5.91 Å². The summed E-state index contributed by atoms with van der Waals surface area (Å²) in [5.74, 6) is 0.140. The Morgan fingerprint density at radius 2 is 1.89 bits per heavy atom. The van der Waals surface area contributed by atoms with Gasteiger partial charge in [-0.15, -0.1) is 0 Å². The minimum Gasteiger partial charge on any atom is -0.390 e. The molecule has 0 saturated carbocycles. The highest BCUT2D eigenvalue weighted by molar-refractivity contribution is 7.99. The summed E-state index contributed by atoms with van der Waals surface area (Å²) in [4.78, 5) is 16.6. The molecule has 1 amide bonds. The summed E-state index contributed by atoms with van der Waals surface area (Å²) < 4.78 is 1.95. The van der Waals surface area contributed by atoms with Crippen molar-refractivity contribution in [2.45, 2.75) is 24.9 Å². The Balaban J connectivity index is 1.59. The van der Waals surface area contributed by atoms with E-state index in [4.69, 9.17) is 11.6 Å². The van der Waals surface area contributed by atoms with E-state index in [1.807, 2.05) is 59.3 Å². The number of imidazole rings is 1. The first-order chi connectivity index (χ1) is 13.2. The lowest BCUT2D eigenvalue weighted by Gasteiger charge is -2.09. The highest BCUT2D eigenvalue weighted by atomic mass is 35.5. The van der Waals surface area contributed by atoms with Crippen molar-refractivity contribution < 1.29 is 9.90 Å². The Morgan fingerprint density at radius 1 is 1.15 bits per heavy atom. The summed E-state index contributed by atoms with van der Waals surface area (Å²) in [5.41, 5.74) is 2.60. The maximum absolute atomic E-state index is 12.2. The molecule has 0 atom stereocenters. The van der Waals surface area contributed by atoms with Gasteiger partial charge in [0, 0.05) is 24.3 Å². The molecule has 0 aliphatic carbocycles. The van der Waals surface area contributed by atoms with Crippen LogP contribution in [-0.4, -0.2) is 26.3 Å². The molecule has 5 nitrogen and oxygen atoms in total. The van der Waals surface area contributed by atoms with E-state index >= 15 is 0 Å². The number of nitrogens with one attached hydrogen (secondary N) is 1. The second-order valence-electron chi connectivity index (χ2n) is 5.94. The van der Waals surface area contributed by atoms with Crippen LogP contribution in [0, 0.1) is 0 Å². The highest BCUT2D eigenvalue weighted by Crippen LogP contribution is 2.20. The Kier molecular flexibility index (Phi) is 6.92. The van der Waals surface area contributed by atoms with Gasteiger partial charge in [0.15, 0.2) is 5.16 Å². The van der Waals surface area contributed by atoms with Gasteiger partial charge in [0.05, 0.1) is 18.1 Å². The van der Waals surface area contributed by atoms with Crippen LogP contribution in [0.5, 0.6) is 0 Å². The van der Waals surface area contributed by atoms with Gasteiger partial charge < -0.3 is 15.0 Å². The number of amides is 1. The van der Waals surface area contributed by atoms with Gasteiger partial charge in [-0.3, -0.25) is 4.79 Å². The zero-order chi connectivity index (χ0) is 19.1. The first-order valence-electron chi connectivity index (χ1n) is 8.49. The van der Waals surface area contributed by atoms with Crippen molar-refractivity contribution in [1.82, 2.24) is 14.9 Å². The normalized spacial score (nSPS) is 10.7. The van der Waals surface area contributed by atoms with Gasteiger partial charge in [-0.1, -0.05) is 71.9 Å². The van der Waals surface area contributed by atoms with Gasteiger partial charge in [0.1, 0.15) is 0 Å².